The molecule has 0 spiro atoms. The van der Waals surface area contributed by atoms with Gasteiger partial charge in [0.1, 0.15) is 16.8 Å². The predicted molar refractivity (Wildman–Crippen MR) is 65.7 cm³/mol. The molecule has 3 N–H and O–H groups in total. The zero-order valence-electron chi connectivity index (χ0n) is 11.7. The molecular formula is C12H21N3O3. The Balaban J connectivity index is -0.000000187. The fourth-order valence-corrected chi connectivity index (χ4v) is 0. The Morgan fingerprint density at radius 2 is 0.611 bits per heavy atom. The number of nitriles is 3. The predicted octanol–water partition coefficient (Wildman–Crippen LogP) is 0.843. The van der Waals surface area contributed by atoms with Crippen molar-refractivity contribution in [2.75, 3.05) is 0 Å². The highest BCUT2D eigenvalue weighted by Crippen LogP contribution is 1.94. The molecule has 0 saturated heterocycles. The van der Waals surface area contributed by atoms with Crippen LogP contribution in [0.1, 0.15) is 41.5 Å². The number of nitrogens with zero attached hydrogens (tertiary/aromatic N) is 3. The molecule has 0 saturated carbocycles. The number of hydrogen-bond acceptors (Lipinski definition) is 6. The minimum Gasteiger partial charge on any atom is -0.376 e. The molecule has 0 rings (SSSR count). The van der Waals surface area contributed by atoms with Crippen molar-refractivity contribution in [2.24, 2.45) is 0 Å². The van der Waals surface area contributed by atoms with E-state index in [0.29, 0.717) is 0 Å². The van der Waals surface area contributed by atoms with Crippen LogP contribution in [0, 0.1) is 34.0 Å². The molecule has 0 heterocycles. The lowest BCUT2D eigenvalue weighted by molar-refractivity contribution is 0.140. The van der Waals surface area contributed by atoms with Crippen molar-refractivity contribution in [3.05, 3.63) is 0 Å². The summed E-state index contributed by atoms with van der Waals surface area (Å²) in [5, 5.41) is 49.1. The van der Waals surface area contributed by atoms with E-state index < -0.39 is 16.8 Å². The van der Waals surface area contributed by atoms with Crippen LogP contribution in [0.4, 0.5) is 0 Å². The number of aliphatic hydroxyl groups is 3. The molecule has 0 atom stereocenters. The summed E-state index contributed by atoms with van der Waals surface area (Å²) >= 11 is 0. The van der Waals surface area contributed by atoms with E-state index in [9.17, 15) is 0 Å². The van der Waals surface area contributed by atoms with Crippen LogP contribution >= 0.6 is 0 Å². The Bertz CT molecular complexity index is 281. The standard InChI is InChI=1S/3C4H7NO/c3*1-4(2,6)3-5/h3*6H,1-2H3. The number of rotatable bonds is 0. The van der Waals surface area contributed by atoms with Crippen molar-refractivity contribution in [2.45, 2.75) is 58.3 Å². The van der Waals surface area contributed by atoms with Gasteiger partial charge in [-0.15, -0.1) is 0 Å². The van der Waals surface area contributed by atoms with E-state index in [0.717, 1.165) is 0 Å². The van der Waals surface area contributed by atoms with Crippen LogP contribution in [0.3, 0.4) is 0 Å². The lowest BCUT2D eigenvalue weighted by atomic mass is 10.2. The summed E-state index contributed by atoms with van der Waals surface area (Å²) in [6.07, 6.45) is 0. The van der Waals surface area contributed by atoms with Crippen LogP contribution in [0.25, 0.3) is 0 Å². The second-order valence-corrected chi connectivity index (χ2v) is 5.01. The second kappa shape index (κ2) is 8.44. The van der Waals surface area contributed by atoms with E-state index in [4.69, 9.17) is 31.1 Å². The monoisotopic (exact) mass is 255 g/mol. The maximum absolute atomic E-state index is 8.47. The van der Waals surface area contributed by atoms with Crippen molar-refractivity contribution in [3.63, 3.8) is 0 Å². The molecule has 0 unspecified atom stereocenters. The zero-order valence-corrected chi connectivity index (χ0v) is 11.7. The van der Waals surface area contributed by atoms with E-state index in [1.54, 1.807) is 18.2 Å². The van der Waals surface area contributed by atoms with Crippen molar-refractivity contribution in [1.82, 2.24) is 0 Å². The Hall–Kier alpha value is -1.65. The second-order valence-electron chi connectivity index (χ2n) is 5.01. The van der Waals surface area contributed by atoms with Gasteiger partial charge in [0.2, 0.25) is 0 Å². The van der Waals surface area contributed by atoms with Crippen molar-refractivity contribution in [3.8, 4) is 18.2 Å². The third-order valence-electron chi connectivity index (χ3n) is 0.821. The lowest BCUT2D eigenvalue weighted by Crippen LogP contribution is -2.13. The van der Waals surface area contributed by atoms with Gasteiger partial charge in [-0.25, -0.2) is 0 Å². The van der Waals surface area contributed by atoms with Crippen LogP contribution < -0.4 is 0 Å². The Kier molecular flexibility index (Phi) is 10.1. The maximum Gasteiger partial charge on any atom is 0.145 e. The van der Waals surface area contributed by atoms with E-state index in [1.165, 1.54) is 41.5 Å². The highest BCUT2D eigenvalue weighted by molar-refractivity contribution is 4.92. The van der Waals surface area contributed by atoms with E-state index in [1.807, 2.05) is 0 Å². The Morgan fingerprint density at radius 3 is 0.611 bits per heavy atom. The third kappa shape index (κ3) is 47.3. The minimum atomic E-state index is -1.15. The highest BCUT2D eigenvalue weighted by Gasteiger charge is 2.07. The first-order valence-electron chi connectivity index (χ1n) is 5.09. The minimum absolute atomic E-state index is 1.15. The molecule has 0 bridgehead atoms. The average molecular weight is 255 g/mol. The SMILES string of the molecule is CC(C)(O)C#N.CC(C)(O)C#N.CC(C)(O)C#N. The van der Waals surface area contributed by atoms with E-state index >= 15 is 0 Å². The summed E-state index contributed by atoms with van der Waals surface area (Å²) in [4.78, 5) is 0. The Morgan fingerprint density at radius 1 is 0.556 bits per heavy atom. The van der Waals surface area contributed by atoms with Gasteiger partial charge in [-0.05, 0) is 41.5 Å². The third-order valence-corrected chi connectivity index (χ3v) is 0.821. The van der Waals surface area contributed by atoms with Gasteiger partial charge >= 0.3 is 0 Å². The molecule has 6 heteroatoms. The molecule has 0 aromatic rings. The van der Waals surface area contributed by atoms with E-state index in [-0.39, 0.29) is 0 Å². The molecular weight excluding hydrogens is 234 g/mol. The molecule has 18 heavy (non-hydrogen) atoms. The highest BCUT2D eigenvalue weighted by atomic mass is 16.3. The zero-order chi connectivity index (χ0) is 15.6. The normalized spacial score (nSPS) is 10.3. The van der Waals surface area contributed by atoms with Crippen LogP contribution in [0.15, 0.2) is 0 Å². The van der Waals surface area contributed by atoms with Crippen molar-refractivity contribution in [1.29, 1.82) is 15.8 Å². The van der Waals surface area contributed by atoms with Gasteiger partial charge in [-0.3, -0.25) is 0 Å². The summed E-state index contributed by atoms with van der Waals surface area (Å²) in [7, 11) is 0. The van der Waals surface area contributed by atoms with Gasteiger partial charge in [0, 0.05) is 0 Å². The molecule has 0 aliphatic carbocycles. The van der Waals surface area contributed by atoms with Crippen LogP contribution in [0.5, 0.6) is 0 Å². The largest absolute Gasteiger partial charge is 0.376 e. The van der Waals surface area contributed by atoms with Gasteiger partial charge in [-0.2, -0.15) is 15.8 Å². The van der Waals surface area contributed by atoms with Crippen LogP contribution in [0.2, 0.25) is 0 Å². The molecule has 0 fully saturated rings. The van der Waals surface area contributed by atoms with Crippen molar-refractivity contribution < 1.29 is 15.3 Å². The summed E-state index contributed by atoms with van der Waals surface area (Å²) in [6, 6.07) is 4.98. The number of hydrogen-bond donors (Lipinski definition) is 3. The summed E-state index contributed by atoms with van der Waals surface area (Å²) < 4.78 is 0. The first-order chi connectivity index (χ1) is 7.68. The molecule has 0 aromatic heterocycles. The average Bonchev–Trinajstić information content (AvgIpc) is 2.16. The fourth-order valence-electron chi connectivity index (χ4n) is 0. The molecule has 0 aliphatic rings. The van der Waals surface area contributed by atoms with Gasteiger partial charge < -0.3 is 15.3 Å². The van der Waals surface area contributed by atoms with Gasteiger partial charge in [0.15, 0.2) is 0 Å². The Labute approximate surface area is 108 Å². The summed E-state index contributed by atoms with van der Waals surface area (Å²) in [6.45, 7) is 8.62. The quantitative estimate of drug-likeness (QED) is 0.549. The topological polar surface area (TPSA) is 132 Å². The summed E-state index contributed by atoms with van der Waals surface area (Å²) in [5.74, 6) is 0. The van der Waals surface area contributed by atoms with Gasteiger partial charge in [0.25, 0.3) is 0 Å². The van der Waals surface area contributed by atoms with E-state index in [2.05, 4.69) is 0 Å². The first kappa shape index (κ1) is 21.6. The molecule has 102 valence electrons. The summed E-state index contributed by atoms with van der Waals surface area (Å²) in [5.41, 5.74) is -3.46. The smallest absolute Gasteiger partial charge is 0.145 e. The van der Waals surface area contributed by atoms with Crippen molar-refractivity contribution >= 4 is 0 Å². The maximum atomic E-state index is 8.47. The fraction of sp³-hybridized carbons (Fsp3) is 0.750. The molecule has 0 aliphatic heterocycles. The van der Waals surface area contributed by atoms with Gasteiger partial charge in [0.05, 0.1) is 18.2 Å². The molecule has 0 radical (unpaired) electrons. The molecule has 0 aromatic carbocycles. The first-order valence-corrected chi connectivity index (χ1v) is 5.09. The van der Waals surface area contributed by atoms with Crippen LogP contribution in [-0.4, -0.2) is 32.1 Å². The lowest BCUT2D eigenvalue weighted by Gasteiger charge is -2.00. The van der Waals surface area contributed by atoms with Crippen LogP contribution in [-0.2, 0) is 0 Å². The molecule has 6 nitrogen and oxygen atoms in total. The molecule has 0 amide bonds. The van der Waals surface area contributed by atoms with Gasteiger partial charge in [-0.1, -0.05) is 0 Å².